The Labute approximate surface area is 218 Å². The Kier molecular flexibility index (Phi) is 10.6. The van der Waals surface area contributed by atoms with Gasteiger partial charge >= 0.3 is 6.09 Å². The van der Waals surface area contributed by atoms with Crippen LogP contribution >= 0.6 is 0 Å². The lowest BCUT2D eigenvalue weighted by Crippen LogP contribution is -2.61. The molecule has 0 radical (unpaired) electrons. The maximum Gasteiger partial charge on any atom is 0.408 e. The zero-order chi connectivity index (χ0) is 28.1. The number of amides is 3. The Morgan fingerprint density at radius 1 is 0.917 bits per heavy atom. The molecule has 1 rings (SSSR count). The molecule has 2 atom stereocenters. The van der Waals surface area contributed by atoms with Crippen molar-refractivity contribution in [3.63, 3.8) is 0 Å². The van der Waals surface area contributed by atoms with Crippen molar-refractivity contribution in [2.75, 3.05) is 0 Å². The van der Waals surface area contributed by atoms with Crippen molar-refractivity contribution in [1.82, 2.24) is 15.5 Å². The lowest BCUT2D eigenvalue weighted by atomic mass is 9.89. The van der Waals surface area contributed by atoms with Gasteiger partial charge in [-0.1, -0.05) is 52.0 Å². The number of ether oxygens (including phenoxy) is 1. The Morgan fingerprint density at radius 3 is 1.83 bits per heavy atom. The minimum Gasteiger partial charge on any atom is -0.444 e. The standard InChI is InChI=1S/C29H49N3O4/c1-13-20-15-17-21(18-16-20)23(24(33)31-27(5,6)7)32(29(11,12)14-2)25(34)22(19(3)4)30-26(35)36-28(8,9)10/h15-19,22-23H,13-14H2,1-12H3,(H,30,35)(H,31,33). The van der Waals surface area contributed by atoms with Crippen molar-refractivity contribution < 1.29 is 19.1 Å². The molecule has 3 amide bonds. The van der Waals surface area contributed by atoms with Crippen LogP contribution in [0, 0.1) is 5.92 Å². The van der Waals surface area contributed by atoms with Crippen LogP contribution in [-0.4, -0.2) is 45.5 Å². The summed E-state index contributed by atoms with van der Waals surface area (Å²) in [7, 11) is 0. The molecule has 1 aromatic carbocycles. The first-order valence-electron chi connectivity index (χ1n) is 13.1. The first-order valence-corrected chi connectivity index (χ1v) is 13.1. The largest absolute Gasteiger partial charge is 0.444 e. The fourth-order valence-corrected chi connectivity index (χ4v) is 3.83. The molecule has 7 heteroatoms. The summed E-state index contributed by atoms with van der Waals surface area (Å²) in [6.45, 7) is 22.8. The monoisotopic (exact) mass is 503 g/mol. The minimum absolute atomic E-state index is 0.228. The van der Waals surface area contributed by atoms with Crippen molar-refractivity contribution in [3.05, 3.63) is 35.4 Å². The molecular weight excluding hydrogens is 454 g/mol. The molecule has 0 aliphatic heterocycles. The third kappa shape index (κ3) is 9.14. The van der Waals surface area contributed by atoms with Gasteiger partial charge in [0.05, 0.1) is 0 Å². The zero-order valence-corrected chi connectivity index (χ0v) is 24.5. The molecule has 0 fully saturated rings. The quantitative estimate of drug-likeness (QED) is 0.448. The van der Waals surface area contributed by atoms with Crippen LogP contribution in [0.5, 0.6) is 0 Å². The SMILES string of the molecule is CCc1ccc(C(C(=O)NC(C)(C)C)N(C(=O)C(NC(=O)OC(C)(C)C)C(C)C)C(C)(C)CC)cc1. The number of rotatable bonds is 9. The Bertz CT molecular complexity index is 893. The third-order valence-electron chi connectivity index (χ3n) is 6.07. The van der Waals surface area contributed by atoms with Gasteiger partial charge in [0.1, 0.15) is 17.7 Å². The van der Waals surface area contributed by atoms with Gasteiger partial charge in [0.25, 0.3) is 0 Å². The number of alkyl carbamates (subject to hydrolysis) is 1. The van der Waals surface area contributed by atoms with E-state index in [2.05, 4.69) is 17.6 Å². The summed E-state index contributed by atoms with van der Waals surface area (Å²) in [5.41, 5.74) is 0.00313. The van der Waals surface area contributed by atoms with Crippen LogP contribution in [0.1, 0.15) is 107 Å². The summed E-state index contributed by atoms with van der Waals surface area (Å²) in [5.74, 6) is -0.813. The first kappa shape index (κ1) is 31.5. The number of nitrogens with one attached hydrogen (secondary N) is 2. The molecule has 36 heavy (non-hydrogen) atoms. The second-order valence-electron chi connectivity index (χ2n) is 12.5. The van der Waals surface area contributed by atoms with Gasteiger partial charge in [-0.2, -0.15) is 0 Å². The molecule has 0 aliphatic rings. The van der Waals surface area contributed by atoms with E-state index < -0.39 is 34.9 Å². The highest BCUT2D eigenvalue weighted by Crippen LogP contribution is 2.33. The molecule has 204 valence electrons. The van der Waals surface area contributed by atoms with Crippen molar-refractivity contribution in [1.29, 1.82) is 0 Å². The topological polar surface area (TPSA) is 87.7 Å². The predicted molar refractivity (Wildman–Crippen MR) is 146 cm³/mol. The molecule has 0 aliphatic carbocycles. The van der Waals surface area contributed by atoms with E-state index in [4.69, 9.17) is 4.74 Å². The molecule has 1 aromatic rings. The van der Waals surface area contributed by atoms with Crippen molar-refractivity contribution >= 4 is 17.9 Å². The highest BCUT2D eigenvalue weighted by Gasteiger charge is 2.44. The van der Waals surface area contributed by atoms with Crippen LogP contribution in [0.15, 0.2) is 24.3 Å². The minimum atomic E-state index is -0.876. The average molecular weight is 504 g/mol. The van der Waals surface area contributed by atoms with Crippen LogP contribution in [0.4, 0.5) is 4.79 Å². The van der Waals surface area contributed by atoms with Crippen LogP contribution in [0.25, 0.3) is 0 Å². The summed E-state index contributed by atoms with van der Waals surface area (Å²) in [6.07, 6.45) is 0.826. The second kappa shape index (κ2) is 12.1. The summed E-state index contributed by atoms with van der Waals surface area (Å²) < 4.78 is 5.44. The van der Waals surface area contributed by atoms with Crippen molar-refractivity contribution in [2.45, 2.75) is 125 Å². The number of nitrogens with zero attached hydrogens (tertiary/aromatic N) is 1. The lowest BCUT2D eigenvalue weighted by molar-refractivity contribution is -0.150. The van der Waals surface area contributed by atoms with Gasteiger partial charge in [0, 0.05) is 11.1 Å². The van der Waals surface area contributed by atoms with Gasteiger partial charge in [-0.05, 0) is 85.3 Å². The van der Waals surface area contributed by atoms with E-state index in [0.717, 1.165) is 17.5 Å². The van der Waals surface area contributed by atoms with E-state index in [9.17, 15) is 14.4 Å². The average Bonchev–Trinajstić information content (AvgIpc) is 2.72. The van der Waals surface area contributed by atoms with Gasteiger partial charge in [0.15, 0.2) is 0 Å². The van der Waals surface area contributed by atoms with Gasteiger partial charge < -0.3 is 20.3 Å². The maximum absolute atomic E-state index is 14.3. The molecule has 0 saturated heterocycles. The summed E-state index contributed by atoms with van der Waals surface area (Å²) in [5, 5.41) is 5.85. The second-order valence-corrected chi connectivity index (χ2v) is 12.5. The molecule has 7 nitrogen and oxygen atoms in total. The number of carbonyl (C=O) groups is 3. The number of hydrogen-bond donors (Lipinski definition) is 2. The predicted octanol–water partition coefficient (Wildman–Crippen LogP) is 5.77. The maximum atomic E-state index is 14.3. The number of benzene rings is 1. The van der Waals surface area contributed by atoms with E-state index in [-0.39, 0.29) is 17.7 Å². The van der Waals surface area contributed by atoms with Crippen molar-refractivity contribution in [2.24, 2.45) is 5.92 Å². The Balaban J connectivity index is 3.66. The molecule has 2 N–H and O–H groups in total. The third-order valence-corrected chi connectivity index (χ3v) is 6.07. The normalized spacial score (nSPS) is 14.1. The van der Waals surface area contributed by atoms with Crippen LogP contribution in [0.3, 0.4) is 0 Å². The van der Waals surface area contributed by atoms with Crippen molar-refractivity contribution in [3.8, 4) is 0 Å². The molecular formula is C29H49N3O4. The number of hydrogen-bond acceptors (Lipinski definition) is 4. The van der Waals surface area contributed by atoms with Crippen LogP contribution in [-0.2, 0) is 20.7 Å². The van der Waals surface area contributed by atoms with E-state index in [1.54, 1.807) is 25.7 Å². The van der Waals surface area contributed by atoms with Gasteiger partial charge in [-0.15, -0.1) is 0 Å². The molecule has 0 saturated carbocycles. The van der Waals surface area contributed by atoms with E-state index in [1.807, 2.05) is 79.7 Å². The Hall–Kier alpha value is -2.57. The fraction of sp³-hybridized carbons (Fsp3) is 0.690. The summed E-state index contributed by atoms with van der Waals surface area (Å²) >= 11 is 0. The number of carbonyl (C=O) groups excluding carboxylic acids is 3. The van der Waals surface area contributed by atoms with E-state index in [1.165, 1.54) is 0 Å². The molecule has 0 aromatic heterocycles. The zero-order valence-electron chi connectivity index (χ0n) is 24.5. The molecule has 2 unspecified atom stereocenters. The Morgan fingerprint density at radius 2 is 1.44 bits per heavy atom. The van der Waals surface area contributed by atoms with Gasteiger partial charge in [0.2, 0.25) is 11.8 Å². The van der Waals surface area contributed by atoms with Gasteiger partial charge in [-0.3, -0.25) is 9.59 Å². The molecule has 0 bridgehead atoms. The summed E-state index contributed by atoms with van der Waals surface area (Å²) in [4.78, 5) is 42.4. The summed E-state index contributed by atoms with van der Waals surface area (Å²) in [6, 6.07) is 6.08. The van der Waals surface area contributed by atoms with E-state index >= 15 is 0 Å². The highest BCUT2D eigenvalue weighted by molar-refractivity contribution is 5.93. The van der Waals surface area contributed by atoms with E-state index in [0.29, 0.717) is 6.42 Å². The molecule has 0 heterocycles. The molecule has 0 spiro atoms. The van der Waals surface area contributed by atoms with Gasteiger partial charge in [-0.25, -0.2) is 4.79 Å². The van der Waals surface area contributed by atoms with Crippen LogP contribution in [0.2, 0.25) is 0 Å². The smallest absolute Gasteiger partial charge is 0.408 e. The lowest BCUT2D eigenvalue weighted by Gasteiger charge is -2.45. The van der Waals surface area contributed by atoms with Crippen LogP contribution < -0.4 is 10.6 Å². The first-order chi connectivity index (χ1) is 16.3. The highest BCUT2D eigenvalue weighted by atomic mass is 16.6. The fourth-order valence-electron chi connectivity index (χ4n) is 3.83. The number of aryl methyl sites for hydroxylation is 1.